The van der Waals surface area contributed by atoms with Crippen LogP contribution in [0, 0.1) is 11.8 Å². The molecule has 1 saturated heterocycles. The SMILES string of the molecule is O=C(O)CN1C(=O)C2C3c4ccccc4C(Br)(c4ccccc43)C2C1=O. The summed E-state index contributed by atoms with van der Waals surface area (Å²) in [7, 11) is 0. The van der Waals surface area contributed by atoms with E-state index in [1.165, 1.54) is 0 Å². The number of halogens is 1. The maximum Gasteiger partial charge on any atom is 0.323 e. The van der Waals surface area contributed by atoms with Crippen LogP contribution in [0.25, 0.3) is 0 Å². The molecule has 2 aromatic carbocycles. The Morgan fingerprint density at radius 2 is 1.54 bits per heavy atom. The van der Waals surface area contributed by atoms with Crippen LogP contribution in [0.5, 0.6) is 0 Å². The van der Waals surface area contributed by atoms with Gasteiger partial charge in [0.2, 0.25) is 11.8 Å². The first-order chi connectivity index (χ1) is 12.5. The van der Waals surface area contributed by atoms with Crippen molar-refractivity contribution in [1.29, 1.82) is 0 Å². The molecule has 2 aromatic rings. The van der Waals surface area contributed by atoms with E-state index in [1.54, 1.807) is 0 Å². The van der Waals surface area contributed by atoms with Gasteiger partial charge in [-0.25, -0.2) is 0 Å². The van der Waals surface area contributed by atoms with Crippen molar-refractivity contribution in [3.63, 3.8) is 0 Å². The first-order valence-corrected chi connectivity index (χ1v) is 9.20. The fourth-order valence-corrected chi connectivity index (χ4v) is 6.23. The molecule has 2 bridgehead atoms. The fourth-order valence-electron chi connectivity index (χ4n) is 5.03. The monoisotopic (exact) mass is 411 g/mol. The van der Waals surface area contributed by atoms with Crippen molar-refractivity contribution >= 4 is 33.7 Å². The van der Waals surface area contributed by atoms with E-state index in [2.05, 4.69) is 15.9 Å². The average molecular weight is 412 g/mol. The smallest absolute Gasteiger partial charge is 0.323 e. The molecule has 0 aromatic heterocycles. The Kier molecular flexibility index (Phi) is 3.05. The number of carboxylic acid groups (broad SMARTS) is 1. The second-order valence-electron chi connectivity index (χ2n) is 7.02. The molecule has 6 rings (SSSR count). The summed E-state index contributed by atoms with van der Waals surface area (Å²) in [6.07, 6.45) is 0. The van der Waals surface area contributed by atoms with Gasteiger partial charge in [0, 0.05) is 5.92 Å². The molecule has 2 atom stereocenters. The van der Waals surface area contributed by atoms with Gasteiger partial charge in [0.15, 0.2) is 0 Å². The van der Waals surface area contributed by atoms with Crippen LogP contribution in [-0.2, 0) is 18.7 Å². The lowest BCUT2D eigenvalue weighted by Crippen LogP contribution is -2.50. The van der Waals surface area contributed by atoms with Crippen LogP contribution in [0.15, 0.2) is 48.5 Å². The molecule has 1 N–H and O–H groups in total. The number of hydrogen-bond acceptors (Lipinski definition) is 3. The average Bonchev–Trinajstić information content (AvgIpc) is 2.88. The van der Waals surface area contributed by atoms with Crippen LogP contribution in [0.3, 0.4) is 0 Å². The first-order valence-electron chi connectivity index (χ1n) is 8.41. The van der Waals surface area contributed by atoms with Crippen LogP contribution in [0.1, 0.15) is 28.2 Å². The van der Waals surface area contributed by atoms with Crippen LogP contribution in [0.2, 0.25) is 0 Å². The summed E-state index contributed by atoms with van der Waals surface area (Å²) in [5.74, 6) is -3.43. The Bertz CT molecular complexity index is 953. The number of nitrogens with zero attached hydrogens (tertiary/aromatic N) is 1. The molecule has 5 nitrogen and oxygen atoms in total. The number of amides is 2. The molecular formula is C20H14BrNO4. The zero-order valence-corrected chi connectivity index (χ0v) is 15.1. The molecule has 26 heavy (non-hydrogen) atoms. The van der Waals surface area contributed by atoms with E-state index in [1.807, 2.05) is 48.5 Å². The zero-order chi connectivity index (χ0) is 18.2. The highest BCUT2D eigenvalue weighted by atomic mass is 79.9. The summed E-state index contributed by atoms with van der Waals surface area (Å²) >= 11 is 3.85. The van der Waals surface area contributed by atoms with Crippen molar-refractivity contribution in [3.05, 3.63) is 70.8 Å². The van der Waals surface area contributed by atoms with Gasteiger partial charge in [-0.15, -0.1) is 0 Å². The van der Waals surface area contributed by atoms with Gasteiger partial charge in [-0.1, -0.05) is 64.5 Å². The molecular weight excluding hydrogens is 398 g/mol. The standard InChI is InChI=1S/C20H14BrNO4/c21-20-12-7-3-1-5-10(12)15(11-6-2-4-8-13(11)20)16-17(20)19(26)22(18(16)25)9-14(23)24/h1-8,15-17H,9H2,(H,23,24). The van der Waals surface area contributed by atoms with Gasteiger partial charge in [-0.3, -0.25) is 19.3 Å². The van der Waals surface area contributed by atoms with Crippen LogP contribution in [-0.4, -0.2) is 34.3 Å². The van der Waals surface area contributed by atoms with Gasteiger partial charge in [-0.05, 0) is 22.3 Å². The summed E-state index contributed by atoms with van der Waals surface area (Å²) in [4.78, 5) is 38.3. The number of carbonyl (C=O) groups is 3. The molecule has 1 heterocycles. The van der Waals surface area contributed by atoms with Crippen molar-refractivity contribution in [3.8, 4) is 0 Å². The number of alkyl halides is 1. The summed E-state index contributed by atoms with van der Waals surface area (Å²) < 4.78 is -0.820. The zero-order valence-electron chi connectivity index (χ0n) is 13.6. The Morgan fingerprint density at radius 3 is 2.08 bits per heavy atom. The molecule has 6 heteroatoms. The van der Waals surface area contributed by atoms with Crippen molar-refractivity contribution < 1.29 is 19.5 Å². The molecule has 1 aliphatic heterocycles. The predicted octanol–water partition coefficient (Wildman–Crippen LogP) is 2.47. The Balaban J connectivity index is 1.80. The maximum absolute atomic E-state index is 13.1. The minimum Gasteiger partial charge on any atom is -0.480 e. The quantitative estimate of drug-likeness (QED) is 0.608. The highest BCUT2D eigenvalue weighted by molar-refractivity contribution is 9.09. The number of carboxylic acids is 1. The van der Waals surface area contributed by atoms with E-state index < -0.39 is 34.6 Å². The second kappa shape index (κ2) is 5.04. The van der Waals surface area contributed by atoms with Crippen molar-refractivity contribution in [2.45, 2.75) is 10.2 Å². The highest BCUT2D eigenvalue weighted by Crippen LogP contribution is 2.66. The van der Waals surface area contributed by atoms with Crippen molar-refractivity contribution in [1.82, 2.24) is 4.90 Å². The highest BCUT2D eigenvalue weighted by Gasteiger charge is 2.67. The summed E-state index contributed by atoms with van der Waals surface area (Å²) in [5, 5.41) is 9.14. The topological polar surface area (TPSA) is 74.7 Å². The third-order valence-corrected chi connectivity index (χ3v) is 7.25. The third kappa shape index (κ3) is 1.68. The Morgan fingerprint density at radius 1 is 1.00 bits per heavy atom. The number of rotatable bonds is 2. The molecule has 0 saturated carbocycles. The number of hydrogen-bond donors (Lipinski definition) is 1. The van der Waals surface area contributed by atoms with E-state index in [-0.39, 0.29) is 11.8 Å². The number of imide groups is 1. The lowest BCUT2D eigenvalue weighted by atomic mass is 9.55. The maximum atomic E-state index is 13.1. The lowest BCUT2D eigenvalue weighted by Gasteiger charge is -2.51. The fraction of sp³-hybridized carbons (Fsp3) is 0.250. The molecule has 4 aliphatic rings. The van der Waals surface area contributed by atoms with Crippen molar-refractivity contribution in [2.75, 3.05) is 6.54 Å². The van der Waals surface area contributed by atoms with Gasteiger partial charge in [-0.2, -0.15) is 0 Å². The van der Waals surface area contributed by atoms with Crippen molar-refractivity contribution in [2.24, 2.45) is 11.8 Å². The molecule has 2 amide bonds. The van der Waals surface area contributed by atoms with E-state index in [0.717, 1.165) is 27.2 Å². The van der Waals surface area contributed by atoms with E-state index >= 15 is 0 Å². The van der Waals surface area contributed by atoms with Gasteiger partial charge in [0.25, 0.3) is 0 Å². The van der Waals surface area contributed by atoms with Crippen LogP contribution < -0.4 is 0 Å². The summed E-state index contributed by atoms with van der Waals surface area (Å²) in [6, 6.07) is 15.7. The number of likely N-dealkylation sites (tertiary alicyclic amines) is 1. The first kappa shape index (κ1) is 15.8. The largest absolute Gasteiger partial charge is 0.480 e. The van der Waals surface area contributed by atoms with Gasteiger partial charge < -0.3 is 5.11 Å². The lowest BCUT2D eigenvalue weighted by molar-refractivity contribution is -0.149. The van der Waals surface area contributed by atoms with Crippen LogP contribution in [0.4, 0.5) is 0 Å². The summed E-state index contributed by atoms with van der Waals surface area (Å²) in [6.45, 7) is -0.590. The molecule has 0 spiro atoms. The normalized spacial score (nSPS) is 30.8. The van der Waals surface area contributed by atoms with Crippen LogP contribution >= 0.6 is 15.9 Å². The van der Waals surface area contributed by atoms with E-state index in [4.69, 9.17) is 5.11 Å². The number of aliphatic carboxylic acids is 1. The van der Waals surface area contributed by atoms with Gasteiger partial charge in [0.05, 0.1) is 16.2 Å². The van der Waals surface area contributed by atoms with E-state index in [9.17, 15) is 14.4 Å². The number of benzene rings is 2. The third-order valence-electron chi connectivity index (χ3n) is 5.90. The molecule has 130 valence electrons. The van der Waals surface area contributed by atoms with Gasteiger partial charge in [0.1, 0.15) is 6.54 Å². The van der Waals surface area contributed by atoms with Gasteiger partial charge >= 0.3 is 5.97 Å². The summed E-state index contributed by atoms with van der Waals surface area (Å²) in [5.41, 5.74) is 4.04. The minimum absolute atomic E-state index is 0.234. The Hall–Kier alpha value is -2.47. The Labute approximate surface area is 157 Å². The molecule has 0 radical (unpaired) electrons. The molecule has 1 fully saturated rings. The molecule has 3 aliphatic carbocycles. The minimum atomic E-state index is -1.18. The second-order valence-corrected chi connectivity index (χ2v) is 8.27. The van der Waals surface area contributed by atoms with E-state index in [0.29, 0.717) is 0 Å². The molecule has 2 unspecified atom stereocenters. The number of carbonyl (C=O) groups excluding carboxylic acids is 2. The predicted molar refractivity (Wildman–Crippen MR) is 95.8 cm³/mol.